The van der Waals surface area contributed by atoms with Crippen LogP contribution in [0.3, 0.4) is 0 Å². The second-order valence-corrected chi connectivity index (χ2v) is 9.39. The van der Waals surface area contributed by atoms with Crippen molar-refractivity contribution in [3.8, 4) is 5.75 Å². The minimum Gasteiger partial charge on any atom is -0.406 e. The van der Waals surface area contributed by atoms with Crippen LogP contribution in [0.25, 0.3) is 5.57 Å². The van der Waals surface area contributed by atoms with Gasteiger partial charge in [-0.3, -0.25) is 9.59 Å². The van der Waals surface area contributed by atoms with Crippen molar-refractivity contribution in [2.45, 2.75) is 51.3 Å². The summed E-state index contributed by atoms with van der Waals surface area (Å²) in [6.07, 6.45) is 2.76. The van der Waals surface area contributed by atoms with E-state index < -0.39 is 12.3 Å². The van der Waals surface area contributed by atoms with Gasteiger partial charge in [0, 0.05) is 31.6 Å². The quantitative estimate of drug-likeness (QED) is 0.404. The molecule has 0 saturated carbocycles. The van der Waals surface area contributed by atoms with Crippen LogP contribution in [0.4, 0.5) is 18.9 Å². The molecular formula is C29H30F3NO4. The number of hydrogen-bond donors (Lipinski definition) is 0. The summed E-state index contributed by atoms with van der Waals surface area (Å²) in [6, 6.07) is 11.4. The standard InChI is InChI=1S/C29H30F3NO4/c1-3-19-4-6-20(7-5-19)22-8-9-23-14-25(34)17-33(27(23)15-22)28(35)16-24(18-36-2)21-10-12-26(13-11-21)37-29(30,31)32/h3,6,8-13,15,24H,4-5,7,14,16-18H2,1-2H3. The third kappa shape index (κ3) is 6.68. The van der Waals surface area contributed by atoms with Crippen LogP contribution in [0.1, 0.15) is 55.2 Å². The molecule has 1 aliphatic heterocycles. The van der Waals surface area contributed by atoms with E-state index in [1.54, 1.807) is 0 Å². The fourth-order valence-corrected chi connectivity index (χ4v) is 4.93. The van der Waals surface area contributed by atoms with Gasteiger partial charge in [0.1, 0.15) is 5.75 Å². The Morgan fingerprint density at radius 2 is 1.89 bits per heavy atom. The van der Waals surface area contributed by atoms with Gasteiger partial charge in [-0.15, -0.1) is 13.2 Å². The maximum absolute atomic E-state index is 13.5. The molecule has 0 spiro atoms. The summed E-state index contributed by atoms with van der Waals surface area (Å²) in [6.45, 7) is 2.24. The number of nitrogens with zero attached hydrogens (tertiary/aromatic N) is 1. The Bertz CT molecular complexity index is 1210. The number of ketones is 1. The lowest BCUT2D eigenvalue weighted by Crippen LogP contribution is -2.41. The first-order valence-electron chi connectivity index (χ1n) is 12.3. The van der Waals surface area contributed by atoms with E-state index in [1.807, 2.05) is 18.2 Å². The first-order chi connectivity index (χ1) is 17.7. The number of ether oxygens (including phenoxy) is 2. The average molecular weight is 514 g/mol. The molecule has 5 nitrogen and oxygen atoms in total. The van der Waals surface area contributed by atoms with Crippen molar-refractivity contribution in [2.75, 3.05) is 25.2 Å². The lowest BCUT2D eigenvalue weighted by Gasteiger charge is -2.31. The zero-order chi connectivity index (χ0) is 26.6. The number of anilines is 1. The summed E-state index contributed by atoms with van der Waals surface area (Å²) < 4.78 is 46.8. The Morgan fingerprint density at radius 3 is 2.51 bits per heavy atom. The smallest absolute Gasteiger partial charge is 0.406 e. The number of amides is 1. The first kappa shape index (κ1) is 26.7. The number of alkyl halides is 3. The van der Waals surface area contributed by atoms with Crippen molar-refractivity contribution in [1.82, 2.24) is 0 Å². The monoisotopic (exact) mass is 513 g/mol. The van der Waals surface area contributed by atoms with Gasteiger partial charge in [0.15, 0.2) is 5.78 Å². The Kier molecular flexibility index (Phi) is 8.17. The van der Waals surface area contributed by atoms with E-state index >= 15 is 0 Å². The number of hydrogen-bond acceptors (Lipinski definition) is 4. The summed E-state index contributed by atoms with van der Waals surface area (Å²) in [5.74, 6) is -1.01. The highest BCUT2D eigenvalue weighted by Gasteiger charge is 2.32. The number of Topliss-reactive ketones (excluding diaryl/α,β-unsaturated/α-hetero) is 1. The van der Waals surface area contributed by atoms with Gasteiger partial charge in [0.05, 0.1) is 13.2 Å². The molecule has 0 N–H and O–H groups in total. The molecule has 1 unspecified atom stereocenters. The molecule has 2 aromatic carbocycles. The number of carbonyl (C=O) groups is 2. The largest absolute Gasteiger partial charge is 0.573 e. The van der Waals surface area contributed by atoms with Gasteiger partial charge < -0.3 is 14.4 Å². The van der Waals surface area contributed by atoms with Crippen LogP contribution in [0.2, 0.25) is 0 Å². The summed E-state index contributed by atoms with van der Waals surface area (Å²) in [4.78, 5) is 27.5. The molecule has 0 fully saturated rings. The van der Waals surface area contributed by atoms with Crippen LogP contribution >= 0.6 is 0 Å². The van der Waals surface area contributed by atoms with Crippen molar-refractivity contribution in [1.29, 1.82) is 0 Å². The van der Waals surface area contributed by atoms with Crippen molar-refractivity contribution in [2.24, 2.45) is 0 Å². The van der Waals surface area contributed by atoms with E-state index in [2.05, 4.69) is 23.8 Å². The van der Waals surface area contributed by atoms with Crippen LogP contribution < -0.4 is 9.64 Å². The number of benzene rings is 2. The Balaban J connectivity index is 1.56. The van der Waals surface area contributed by atoms with Crippen molar-refractivity contribution in [3.05, 3.63) is 76.9 Å². The fraction of sp³-hybridized carbons (Fsp3) is 0.379. The molecule has 0 aromatic heterocycles. The van der Waals surface area contributed by atoms with E-state index in [4.69, 9.17) is 4.74 Å². The first-order valence-corrected chi connectivity index (χ1v) is 12.3. The van der Waals surface area contributed by atoms with Crippen LogP contribution in [-0.2, 0) is 20.7 Å². The summed E-state index contributed by atoms with van der Waals surface area (Å²) in [5, 5.41) is 0. The maximum Gasteiger partial charge on any atom is 0.573 e. The minimum absolute atomic E-state index is 0.00484. The molecule has 196 valence electrons. The van der Waals surface area contributed by atoms with Gasteiger partial charge in [-0.1, -0.05) is 42.0 Å². The van der Waals surface area contributed by atoms with E-state index in [-0.39, 0.29) is 43.4 Å². The van der Waals surface area contributed by atoms with Crippen LogP contribution in [0.15, 0.2) is 60.2 Å². The van der Waals surface area contributed by atoms with E-state index in [1.165, 1.54) is 47.4 Å². The average Bonchev–Trinajstić information content (AvgIpc) is 2.87. The van der Waals surface area contributed by atoms with Crippen LogP contribution in [0, 0.1) is 0 Å². The topological polar surface area (TPSA) is 55.8 Å². The number of halogens is 3. The highest BCUT2D eigenvalue weighted by molar-refractivity contribution is 6.04. The number of carbonyl (C=O) groups excluding carboxylic acids is 2. The van der Waals surface area contributed by atoms with Crippen molar-refractivity contribution >= 4 is 23.0 Å². The summed E-state index contributed by atoms with van der Waals surface area (Å²) in [7, 11) is 1.50. The van der Waals surface area contributed by atoms with E-state index in [0.29, 0.717) is 5.56 Å². The predicted molar refractivity (Wildman–Crippen MR) is 135 cm³/mol. The molecular weight excluding hydrogens is 483 g/mol. The second kappa shape index (κ2) is 11.3. The molecule has 0 bridgehead atoms. The molecule has 1 atom stereocenters. The molecule has 8 heteroatoms. The molecule has 1 aliphatic carbocycles. The van der Waals surface area contributed by atoms with Crippen LogP contribution in [-0.4, -0.2) is 38.3 Å². The molecule has 0 radical (unpaired) electrons. The Labute approximate surface area is 214 Å². The molecule has 2 aliphatic rings. The number of fused-ring (bicyclic) bond motifs is 1. The number of methoxy groups -OCH3 is 1. The van der Waals surface area contributed by atoms with Crippen LogP contribution in [0.5, 0.6) is 5.75 Å². The van der Waals surface area contributed by atoms with Gasteiger partial charge in [-0.2, -0.15) is 0 Å². The lowest BCUT2D eigenvalue weighted by atomic mass is 9.88. The van der Waals surface area contributed by atoms with E-state index in [0.717, 1.165) is 36.1 Å². The number of allylic oxidation sites excluding steroid dienone is 4. The van der Waals surface area contributed by atoms with Gasteiger partial charge >= 0.3 is 6.36 Å². The lowest BCUT2D eigenvalue weighted by molar-refractivity contribution is -0.274. The SMILES string of the molecule is CC=C1CC=C(c2ccc3c(c2)N(C(=O)CC(COC)c2ccc(OC(F)(F)F)cc2)CC(=O)C3)CC1. The van der Waals surface area contributed by atoms with Gasteiger partial charge in [-0.05, 0) is 66.6 Å². The van der Waals surface area contributed by atoms with Gasteiger partial charge in [0.2, 0.25) is 5.91 Å². The van der Waals surface area contributed by atoms with Gasteiger partial charge in [0.25, 0.3) is 0 Å². The Morgan fingerprint density at radius 1 is 1.14 bits per heavy atom. The highest BCUT2D eigenvalue weighted by atomic mass is 19.4. The molecule has 37 heavy (non-hydrogen) atoms. The van der Waals surface area contributed by atoms with Crippen molar-refractivity contribution < 1.29 is 32.2 Å². The predicted octanol–water partition coefficient (Wildman–Crippen LogP) is 6.38. The molecule has 2 aromatic rings. The summed E-state index contributed by atoms with van der Waals surface area (Å²) >= 11 is 0. The molecule has 4 rings (SSSR count). The molecule has 1 heterocycles. The second-order valence-electron chi connectivity index (χ2n) is 9.39. The van der Waals surface area contributed by atoms with E-state index in [9.17, 15) is 22.8 Å². The minimum atomic E-state index is -4.78. The number of rotatable bonds is 7. The zero-order valence-corrected chi connectivity index (χ0v) is 20.9. The fourth-order valence-electron chi connectivity index (χ4n) is 4.93. The molecule has 1 amide bonds. The van der Waals surface area contributed by atoms with Crippen molar-refractivity contribution in [3.63, 3.8) is 0 Å². The maximum atomic E-state index is 13.5. The third-order valence-corrected chi connectivity index (χ3v) is 6.88. The normalized spacial score (nSPS) is 17.9. The molecule has 0 saturated heterocycles. The zero-order valence-electron chi connectivity index (χ0n) is 20.9. The third-order valence-electron chi connectivity index (χ3n) is 6.88. The highest BCUT2D eigenvalue weighted by Crippen LogP contribution is 2.35. The van der Waals surface area contributed by atoms with Gasteiger partial charge in [-0.25, -0.2) is 0 Å². The summed E-state index contributed by atoms with van der Waals surface area (Å²) in [5.41, 5.74) is 5.90. The Hall–Kier alpha value is -3.39.